The molecule has 2 aromatic heterocycles. The van der Waals surface area contributed by atoms with Crippen LogP contribution in [-0.2, 0) is 18.0 Å². The number of para-hydroxylation sites is 1. The molecule has 0 unspecified atom stereocenters. The summed E-state index contributed by atoms with van der Waals surface area (Å²) in [6, 6.07) is 10.7. The summed E-state index contributed by atoms with van der Waals surface area (Å²) in [6.45, 7) is 1.59. The highest BCUT2D eigenvalue weighted by molar-refractivity contribution is 6.31. The van der Waals surface area contributed by atoms with Crippen molar-refractivity contribution < 1.29 is 17.9 Å². The molecule has 0 aliphatic carbocycles. The van der Waals surface area contributed by atoms with Gasteiger partial charge in [-0.25, -0.2) is 0 Å². The van der Waals surface area contributed by atoms with Crippen LogP contribution in [0.3, 0.4) is 0 Å². The molecule has 150 valence electrons. The summed E-state index contributed by atoms with van der Waals surface area (Å²) in [4.78, 5) is 1.28. The molecule has 0 spiro atoms. The second-order valence-electron chi connectivity index (χ2n) is 5.91. The minimum absolute atomic E-state index is 0.0706. The smallest absolute Gasteiger partial charge is 0.435 e. The Morgan fingerprint density at radius 3 is 2.38 bits per heavy atom. The monoisotopic (exact) mass is 422 g/mol. The van der Waals surface area contributed by atoms with Crippen LogP contribution in [0.2, 0.25) is 5.15 Å². The van der Waals surface area contributed by atoms with Gasteiger partial charge in [0.05, 0.1) is 24.1 Å². The zero-order valence-electron chi connectivity index (χ0n) is 15.5. The number of hydrogen-bond donors (Lipinski definition) is 0. The predicted molar refractivity (Wildman–Crippen MR) is 98.8 cm³/mol. The number of nitrogens with zero attached hydrogens (tertiary/aromatic N) is 6. The van der Waals surface area contributed by atoms with E-state index >= 15 is 0 Å². The average Bonchev–Trinajstić information content (AvgIpc) is 3.21. The predicted octanol–water partition coefficient (Wildman–Crippen LogP) is 4.02. The Bertz CT molecular complexity index is 1130. The van der Waals surface area contributed by atoms with E-state index in [1.54, 1.807) is 31.2 Å². The van der Waals surface area contributed by atoms with Crippen molar-refractivity contribution in [2.45, 2.75) is 13.1 Å². The van der Waals surface area contributed by atoms with E-state index in [0.29, 0.717) is 11.4 Å². The molecule has 0 N–H and O–H groups in total. The summed E-state index contributed by atoms with van der Waals surface area (Å²) in [7, 11) is 2.41. The highest BCUT2D eigenvalue weighted by atomic mass is 35.5. The molecule has 1 aromatic carbocycles. The molecule has 0 radical (unpaired) electrons. The maximum Gasteiger partial charge on any atom is 0.435 e. The molecular weight excluding hydrogens is 409 g/mol. The third-order valence-corrected chi connectivity index (χ3v) is 4.46. The van der Waals surface area contributed by atoms with Gasteiger partial charge in [0.15, 0.2) is 11.5 Å². The topological polar surface area (TPSA) is 81.6 Å². The Hall–Kier alpha value is -3.32. The molecular formula is C18H14ClF3N6O. The van der Waals surface area contributed by atoms with E-state index in [-0.39, 0.29) is 22.2 Å². The zero-order chi connectivity index (χ0) is 21.3. The molecule has 2 heterocycles. The number of aromatic nitrogens is 5. The minimum Gasteiger partial charge on any atom is -0.494 e. The Labute approximate surface area is 168 Å². The van der Waals surface area contributed by atoms with Crippen LogP contribution >= 0.6 is 11.6 Å². The summed E-state index contributed by atoms with van der Waals surface area (Å²) < 4.78 is 46.5. The molecule has 11 heteroatoms. The van der Waals surface area contributed by atoms with Crippen molar-refractivity contribution in [3.8, 4) is 11.8 Å². The number of methoxy groups -OCH3 is 1. The van der Waals surface area contributed by atoms with Crippen LogP contribution in [-0.4, -0.2) is 31.9 Å². The van der Waals surface area contributed by atoms with Crippen molar-refractivity contribution in [3.63, 3.8) is 0 Å². The van der Waals surface area contributed by atoms with Gasteiger partial charge in [0.1, 0.15) is 22.5 Å². The lowest BCUT2D eigenvalue weighted by molar-refractivity contribution is -0.141. The van der Waals surface area contributed by atoms with E-state index in [1.807, 2.05) is 12.1 Å². The molecule has 0 amide bonds. The van der Waals surface area contributed by atoms with Crippen LogP contribution in [0.4, 0.5) is 13.2 Å². The Balaban J connectivity index is 2.26. The Morgan fingerprint density at radius 1 is 1.17 bits per heavy atom. The minimum atomic E-state index is -4.80. The standard InChI is InChI=1S/C18H14ClF3N6O/c1-10-14(25-28(24-10)11-7-5-4-6-8-11)12(9-23)15(29-3)13-16(18(20,21)22)26-27(2)17(13)19/h4-8H,1-3H3/b15-12-. The number of halogens is 4. The second kappa shape index (κ2) is 7.60. The zero-order valence-corrected chi connectivity index (χ0v) is 16.2. The highest BCUT2D eigenvalue weighted by Gasteiger charge is 2.41. The largest absolute Gasteiger partial charge is 0.494 e. The first kappa shape index (κ1) is 20.4. The van der Waals surface area contributed by atoms with Gasteiger partial charge in [-0.05, 0) is 19.1 Å². The molecule has 0 aliphatic rings. The first-order valence-corrected chi connectivity index (χ1v) is 8.55. The molecule has 0 saturated carbocycles. The second-order valence-corrected chi connectivity index (χ2v) is 6.27. The molecule has 0 saturated heterocycles. The molecule has 3 aromatic rings. The number of ether oxygens (including phenoxy) is 1. The molecule has 0 atom stereocenters. The summed E-state index contributed by atoms with van der Waals surface area (Å²) >= 11 is 6.06. The number of nitriles is 1. The number of benzene rings is 1. The van der Waals surface area contributed by atoms with Crippen LogP contribution in [0.5, 0.6) is 0 Å². The van der Waals surface area contributed by atoms with Gasteiger partial charge in [-0.2, -0.15) is 33.4 Å². The van der Waals surface area contributed by atoms with Crippen LogP contribution in [0, 0.1) is 18.3 Å². The maximum atomic E-state index is 13.5. The van der Waals surface area contributed by atoms with Gasteiger partial charge in [0.2, 0.25) is 0 Å². The van der Waals surface area contributed by atoms with E-state index in [0.717, 1.165) is 11.8 Å². The third kappa shape index (κ3) is 3.69. The summed E-state index contributed by atoms with van der Waals surface area (Å²) in [6.07, 6.45) is -4.80. The normalized spacial score (nSPS) is 12.5. The highest BCUT2D eigenvalue weighted by Crippen LogP contribution is 2.40. The maximum absolute atomic E-state index is 13.5. The van der Waals surface area contributed by atoms with Gasteiger partial charge in [0.25, 0.3) is 0 Å². The fraction of sp³-hybridized carbons (Fsp3) is 0.222. The number of hydrogen-bond acceptors (Lipinski definition) is 5. The van der Waals surface area contributed by atoms with Crippen molar-refractivity contribution >= 4 is 22.9 Å². The summed E-state index contributed by atoms with van der Waals surface area (Å²) in [5, 5.41) is 21.3. The van der Waals surface area contributed by atoms with Crippen LogP contribution in [0.25, 0.3) is 17.0 Å². The third-order valence-electron chi connectivity index (χ3n) is 4.02. The summed E-state index contributed by atoms with van der Waals surface area (Å²) in [5.74, 6) is -0.388. The molecule has 0 bridgehead atoms. The Morgan fingerprint density at radius 2 is 1.83 bits per heavy atom. The van der Waals surface area contributed by atoms with Gasteiger partial charge in [-0.1, -0.05) is 29.8 Å². The van der Waals surface area contributed by atoms with Gasteiger partial charge in [-0.15, -0.1) is 5.10 Å². The first-order chi connectivity index (χ1) is 13.7. The molecule has 7 nitrogen and oxygen atoms in total. The van der Waals surface area contributed by atoms with Gasteiger partial charge in [0, 0.05) is 7.05 Å². The lowest BCUT2D eigenvalue weighted by Crippen LogP contribution is -2.10. The molecule has 0 fully saturated rings. The number of allylic oxidation sites excluding steroid dienone is 1. The van der Waals surface area contributed by atoms with Crippen molar-refractivity contribution in [1.29, 1.82) is 5.26 Å². The number of aryl methyl sites for hydroxylation is 2. The fourth-order valence-electron chi connectivity index (χ4n) is 2.73. The lowest BCUT2D eigenvalue weighted by atomic mass is 10.1. The van der Waals surface area contributed by atoms with Gasteiger partial charge >= 0.3 is 6.18 Å². The first-order valence-electron chi connectivity index (χ1n) is 8.17. The van der Waals surface area contributed by atoms with Crippen LogP contribution in [0.1, 0.15) is 22.6 Å². The van der Waals surface area contributed by atoms with E-state index in [9.17, 15) is 18.4 Å². The number of alkyl halides is 3. The van der Waals surface area contributed by atoms with Crippen LogP contribution < -0.4 is 0 Å². The van der Waals surface area contributed by atoms with E-state index < -0.39 is 17.4 Å². The summed E-state index contributed by atoms with van der Waals surface area (Å²) in [5.41, 5.74) is -1.02. The molecule has 29 heavy (non-hydrogen) atoms. The van der Waals surface area contributed by atoms with E-state index in [4.69, 9.17) is 16.3 Å². The lowest BCUT2D eigenvalue weighted by Gasteiger charge is -2.11. The van der Waals surface area contributed by atoms with Crippen molar-refractivity contribution in [1.82, 2.24) is 24.8 Å². The van der Waals surface area contributed by atoms with E-state index in [1.165, 1.54) is 11.8 Å². The van der Waals surface area contributed by atoms with Crippen LogP contribution in [0.15, 0.2) is 30.3 Å². The van der Waals surface area contributed by atoms with Crippen molar-refractivity contribution in [2.24, 2.45) is 7.05 Å². The van der Waals surface area contributed by atoms with Gasteiger partial charge in [-0.3, -0.25) is 4.68 Å². The molecule has 3 rings (SSSR count). The van der Waals surface area contributed by atoms with Gasteiger partial charge < -0.3 is 4.74 Å². The Kier molecular flexibility index (Phi) is 5.35. The van der Waals surface area contributed by atoms with E-state index in [2.05, 4.69) is 15.3 Å². The quantitative estimate of drug-likeness (QED) is 0.468. The van der Waals surface area contributed by atoms with Crippen molar-refractivity contribution in [3.05, 3.63) is 58.1 Å². The number of rotatable bonds is 4. The van der Waals surface area contributed by atoms with Crippen molar-refractivity contribution in [2.75, 3.05) is 7.11 Å². The molecule has 0 aliphatic heterocycles. The SMILES string of the molecule is CO/C(=C(/C#N)c1nn(-c2ccccc2)nc1C)c1c(C(F)(F)F)nn(C)c1Cl. The average molecular weight is 423 g/mol. The fourth-order valence-corrected chi connectivity index (χ4v) is 2.94.